The summed E-state index contributed by atoms with van der Waals surface area (Å²) in [4.78, 5) is 36.6. The Kier molecular flexibility index (Phi) is 8.30. The average molecular weight is 452 g/mol. The van der Waals surface area contributed by atoms with E-state index >= 15 is 0 Å². The summed E-state index contributed by atoms with van der Waals surface area (Å²) in [5.41, 5.74) is -0.758. The Morgan fingerprint density at radius 2 is 1.66 bits per heavy atom. The van der Waals surface area contributed by atoms with Crippen LogP contribution in [0.25, 0.3) is 0 Å². The predicted octanol–water partition coefficient (Wildman–Crippen LogP) is 4.21. The second kappa shape index (κ2) is 10.7. The highest BCUT2D eigenvalue weighted by Gasteiger charge is 2.33. The molecular weight excluding hydrogens is 429 g/mol. The van der Waals surface area contributed by atoms with Gasteiger partial charge in [-0.2, -0.15) is 13.2 Å². The van der Waals surface area contributed by atoms with Crippen molar-refractivity contribution in [1.29, 1.82) is 0 Å². The number of benzene rings is 2. The third kappa shape index (κ3) is 6.77. The van der Waals surface area contributed by atoms with Crippen LogP contribution in [0.15, 0.2) is 42.5 Å². The van der Waals surface area contributed by atoms with Gasteiger partial charge in [0.05, 0.1) is 34.0 Å². The number of alkyl halides is 3. The van der Waals surface area contributed by atoms with E-state index in [1.54, 1.807) is 17.9 Å². The Morgan fingerprint density at radius 1 is 1.03 bits per heavy atom. The van der Waals surface area contributed by atoms with Crippen molar-refractivity contribution in [2.45, 2.75) is 26.4 Å². The van der Waals surface area contributed by atoms with Gasteiger partial charge >= 0.3 is 6.18 Å². The summed E-state index contributed by atoms with van der Waals surface area (Å²) in [6.45, 7) is 3.63. The molecule has 2 amide bonds. The molecular formula is C21H23F3N4O4. The number of nitrogens with one attached hydrogen (secondary N) is 2. The lowest BCUT2D eigenvalue weighted by atomic mass is 10.1. The second-order valence-electron chi connectivity index (χ2n) is 6.97. The minimum absolute atomic E-state index is 0.0115. The van der Waals surface area contributed by atoms with E-state index in [1.807, 2.05) is 0 Å². The number of carbonyl (C=O) groups is 2. The SMILES string of the molecule is CCN(CCC(=O)Nc1cccc([N+](=O)[O-])c1C)CC(=O)Nc1ccccc1C(F)(F)F. The number of amides is 2. The van der Waals surface area contributed by atoms with Crippen LogP contribution in [0.5, 0.6) is 0 Å². The quantitative estimate of drug-likeness (QED) is 0.438. The fraction of sp³-hybridized carbons (Fsp3) is 0.333. The van der Waals surface area contributed by atoms with Crippen molar-refractivity contribution in [2.75, 3.05) is 30.3 Å². The smallest absolute Gasteiger partial charge is 0.326 e. The largest absolute Gasteiger partial charge is 0.418 e. The van der Waals surface area contributed by atoms with E-state index in [0.29, 0.717) is 17.8 Å². The summed E-state index contributed by atoms with van der Waals surface area (Å²) >= 11 is 0. The Labute approximate surface area is 182 Å². The van der Waals surface area contributed by atoms with Crippen LogP contribution in [0.1, 0.15) is 24.5 Å². The lowest BCUT2D eigenvalue weighted by molar-refractivity contribution is -0.385. The molecule has 2 aromatic rings. The van der Waals surface area contributed by atoms with E-state index in [-0.39, 0.29) is 30.9 Å². The third-order valence-corrected chi connectivity index (χ3v) is 4.75. The van der Waals surface area contributed by atoms with E-state index in [9.17, 15) is 32.9 Å². The monoisotopic (exact) mass is 452 g/mol. The molecule has 8 nitrogen and oxygen atoms in total. The molecule has 0 fully saturated rings. The van der Waals surface area contributed by atoms with Gasteiger partial charge in [-0.1, -0.05) is 25.1 Å². The molecule has 0 aliphatic rings. The first-order valence-electron chi connectivity index (χ1n) is 9.75. The molecule has 0 radical (unpaired) electrons. The normalized spacial score (nSPS) is 11.3. The highest BCUT2D eigenvalue weighted by molar-refractivity contribution is 5.94. The Bertz CT molecular complexity index is 995. The molecule has 0 aromatic heterocycles. The Balaban J connectivity index is 1.93. The van der Waals surface area contributed by atoms with Crippen molar-refractivity contribution in [3.8, 4) is 0 Å². The van der Waals surface area contributed by atoms with Gasteiger partial charge < -0.3 is 10.6 Å². The van der Waals surface area contributed by atoms with E-state index in [0.717, 1.165) is 6.07 Å². The molecule has 11 heteroatoms. The third-order valence-electron chi connectivity index (χ3n) is 4.75. The second-order valence-corrected chi connectivity index (χ2v) is 6.97. The maximum absolute atomic E-state index is 13.1. The number of likely N-dealkylation sites (N-methyl/N-ethyl adjacent to an activating group) is 1. The number of anilines is 2. The number of para-hydroxylation sites is 1. The first-order chi connectivity index (χ1) is 15.0. The lowest BCUT2D eigenvalue weighted by Crippen LogP contribution is -2.35. The van der Waals surface area contributed by atoms with Crippen LogP contribution in [0, 0.1) is 17.0 Å². The van der Waals surface area contributed by atoms with Gasteiger partial charge in [0.15, 0.2) is 0 Å². The molecule has 32 heavy (non-hydrogen) atoms. The number of nitro groups is 1. The van der Waals surface area contributed by atoms with Gasteiger partial charge in [-0.05, 0) is 31.7 Å². The maximum Gasteiger partial charge on any atom is 0.418 e. The van der Waals surface area contributed by atoms with Crippen molar-refractivity contribution in [3.63, 3.8) is 0 Å². The summed E-state index contributed by atoms with van der Waals surface area (Å²) < 4.78 is 39.2. The van der Waals surface area contributed by atoms with Crippen LogP contribution in [0.2, 0.25) is 0 Å². The van der Waals surface area contributed by atoms with E-state index < -0.39 is 28.5 Å². The van der Waals surface area contributed by atoms with Gasteiger partial charge in [-0.15, -0.1) is 0 Å². The summed E-state index contributed by atoms with van der Waals surface area (Å²) in [6, 6.07) is 9.02. The van der Waals surface area contributed by atoms with Gasteiger partial charge in [-0.25, -0.2) is 0 Å². The molecule has 2 rings (SSSR count). The number of nitrogens with zero attached hydrogens (tertiary/aromatic N) is 2. The van der Waals surface area contributed by atoms with Crippen molar-refractivity contribution in [1.82, 2.24) is 4.90 Å². The van der Waals surface area contributed by atoms with Gasteiger partial charge in [0.2, 0.25) is 11.8 Å². The molecule has 0 unspecified atom stereocenters. The van der Waals surface area contributed by atoms with E-state index in [1.165, 1.54) is 37.3 Å². The summed E-state index contributed by atoms with van der Waals surface area (Å²) in [7, 11) is 0. The average Bonchev–Trinajstić information content (AvgIpc) is 2.72. The first-order valence-corrected chi connectivity index (χ1v) is 9.75. The fourth-order valence-corrected chi connectivity index (χ4v) is 3.01. The van der Waals surface area contributed by atoms with Crippen LogP contribution in [0.3, 0.4) is 0 Å². The summed E-state index contributed by atoms with van der Waals surface area (Å²) in [5.74, 6) is -1.05. The number of hydrogen-bond acceptors (Lipinski definition) is 5. The zero-order chi connectivity index (χ0) is 23.9. The maximum atomic E-state index is 13.1. The molecule has 2 N–H and O–H groups in total. The zero-order valence-electron chi connectivity index (χ0n) is 17.5. The molecule has 0 saturated heterocycles. The van der Waals surface area contributed by atoms with Crippen molar-refractivity contribution >= 4 is 28.9 Å². The number of hydrogen-bond donors (Lipinski definition) is 2. The Hall–Kier alpha value is -3.47. The van der Waals surface area contributed by atoms with Gasteiger partial charge in [0.25, 0.3) is 5.69 Å². The Morgan fingerprint density at radius 3 is 2.28 bits per heavy atom. The van der Waals surface area contributed by atoms with Crippen LogP contribution in [0.4, 0.5) is 30.2 Å². The van der Waals surface area contributed by atoms with Crippen molar-refractivity contribution < 1.29 is 27.7 Å². The fourth-order valence-electron chi connectivity index (χ4n) is 3.01. The minimum atomic E-state index is -4.60. The lowest BCUT2D eigenvalue weighted by Gasteiger charge is -2.20. The highest BCUT2D eigenvalue weighted by atomic mass is 19.4. The number of halogens is 3. The molecule has 0 aliphatic carbocycles. The van der Waals surface area contributed by atoms with E-state index in [2.05, 4.69) is 10.6 Å². The van der Waals surface area contributed by atoms with Gasteiger partial charge in [-0.3, -0.25) is 24.6 Å². The van der Waals surface area contributed by atoms with Crippen LogP contribution < -0.4 is 10.6 Å². The van der Waals surface area contributed by atoms with Crippen molar-refractivity contribution in [3.05, 3.63) is 63.7 Å². The number of carbonyl (C=O) groups excluding carboxylic acids is 2. The van der Waals surface area contributed by atoms with Gasteiger partial charge in [0, 0.05) is 19.0 Å². The molecule has 0 heterocycles. The number of nitro benzene ring substituents is 1. The van der Waals surface area contributed by atoms with E-state index in [4.69, 9.17) is 0 Å². The first kappa shape index (κ1) is 24.8. The van der Waals surface area contributed by atoms with Gasteiger partial charge in [0.1, 0.15) is 0 Å². The standard InChI is InChI=1S/C21H23F3N4O4/c1-3-27(13-20(30)26-17-8-5-4-7-15(17)21(22,23)24)12-11-19(29)25-16-9-6-10-18(14(16)2)28(31)32/h4-10H,3,11-13H2,1-2H3,(H,25,29)(H,26,30). The zero-order valence-corrected chi connectivity index (χ0v) is 17.5. The molecule has 0 bridgehead atoms. The molecule has 0 atom stereocenters. The molecule has 0 aliphatic heterocycles. The molecule has 0 saturated carbocycles. The topological polar surface area (TPSA) is 105 Å². The summed E-state index contributed by atoms with van der Waals surface area (Å²) in [6.07, 6.45) is -4.61. The van der Waals surface area contributed by atoms with Crippen LogP contribution >= 0.6 is 0 Å². The molecule has 2 aromatic carbocycles. The van der Waals surface area contributed by atoms with Crippen molar-refractivity contribution in [2.24, 2.45) is 0 Å². The van der Waals surface area contributed by atoms with Crippen LogP contribution in [-0.4, -0.2) is 41.3 Å². The van der Waals surface area contributed by atoms with Crippen LogP contribution in [-0.2, 0) is 15.8 Å². The predicted molar refractivity (Wildman–Crippen MR) is 113 cm³/mol. The minimum Gasteiger partial charge on any atom is -0.326 e. The highest BCUT2D eigenvalue weighted by Crippen LogP contribution is 2.34. The summed E-state index contributed by atoms with van der Waals surface area (Å²) in [5, 5.41) is 15.9. The molecule has 172 valence electrons. The number of rotatable bonds is 9. The molecule has 0 spiro atoms.